The number of carbonyl (C=O) groups is 2. The molecule has 138 valence electrons. The van der Waals surface area contributed by atoms with E-state index in [1.54, 1.807) is 12.0 Å². The van der Waals surface area contributed by atoms with Crippen LogP contribution in [0.3, 0.4) is 0 Å². The fourth-order valence-electron chi connectivity index (χ4n) is 3.45. The van der Waals surface area contributed by atoms with E-state index >= 15 is 0 Å². The smallest absolute Gasteiger partial charge is 0.229 e. The maximum Gasteiger partial charge on any atom is 0.229 e. The molecule has 1 saturated carbocycles. The second-order valence-electron chi connectivity index (χ2n) is 7.39. The number of aromatic nitrogens is 1. The molecule has 1 saturated heterocycles. The lowest BCUT2D eigenvalue weighted by atomic mass is 10.1. The van der Waals surface area contributed by atoms with Crippen molar-refractivity contribution in [3.8, 4) is 0 Å². The molecule has 0 bridgehead atoms. The Hall–Kier alpha value is -1.99. The Labute approximate surface area is 156 Å². The third kappa shape index (κ3) is 3.33. The minimum atomic E-state index is -0.309. The molecule has 1 unspecified atom stereocenters. The molecule has 0 radical (unpaired) electrons. The molecule has 26 heavy (non-hydrogen) atoms. The number of fused-ring (bicyclic) bond motifs is 1. The first-order valence-electron chi connectivity index (χ1n) is 8.98. The number of thiazole rings is 1. The molecule has 1 aliphatic heterocycles. The molecule has 1 aromatic carbocycles. The Morgan fingerprint density at radius 3 is 3.00 bits per heavy atom. The van der Waals surface area contributed by atoms with Crippen molar-refractivity contribution in [3.05, 3.63) is 23.8 Å². The van der Waals surface area contributed by atoms with Gasteiger partial charge in [-0.25, -0.2) is 4.98 Å². The molecule has 6 nitrogen and oxygen atoms in total. The van der Waals surface area contributed by atoms with E-state index in [4.69, 9.17) is 4.74 Å². The average molecular weight is 373 g/mol. The van der Waals surface area contributed by atoms with Gasteiger partial charge in [0.1, 0.15) is 0 Å². The zero-order chi connectivity index (χ0) is 18.3. The number of aryl methyl sites for hydroxylation is 1. The number of anilines is 1. The number of nitrogens with zero attached hydrogens (tertiary/aromatic N) is 2. The van der Waals surface area contributed by atoms with Gasteiger partial charge in [-0.05, 0) is 43.9 Å². The number of hydrogen-bond donors (Lipinski definition) is 1. The standard InChI is InChI=1S/C19H23N3O3S/c1-12-3-4-14-15(9-12)26-18(20-14)22-11-13(10-16(22)23)17(24)21-19(5-6-19)7-8-25-2/h3-4,9,13H,5-8,10-11H2,1-2H3,(H,21,24). The van der Waals surface area contributed by atoms with E-state index in [0.29, 0.717) is 18.3 Å². The summed E-state index contributed by atoms with van der Waals surface area (Å²) in [6.45, 7) is 3.09. The summed E-state index contributed by atoms with van der Waals surface area (Å²) in [4.78, 5) is 31.4. The molecule has 1 N–H and O–H groups in total. The quantitative estimate of drug-likeness (QED) is 0.845. The van der Waals surface area contributed by atoms with Gasteiger partial charge in [-0.1, -0.05) is 17.4 Å². The molecule has 0 spiro atoms. The highest BCUT2D eigenvalue weighted by Gasteiger charge is 2.46. The Kier molecular flexibility index (Phi) is 4.44. The van der Waals surface area contributed by atoms with Crippen molar-refractivity contribution in [1.29, 1.82) is 0 Å². The molecule has 7 heteroatoms. The summed E-state index contributed by atoms with van der Waals surface area (Å²) in [5.41, 5.74) is 1.95. The first kappa shape index (κ1) is 17.4. The highest BCUT2D eigenvalue weighted by molar-refractivity contribution is 7.22. The lowest BCUT2D eigenvalue weighted by molar-refractivity contribution is -0.127. The Balaban J connectivity index is 1.45. The molecule has 1 atom stereocenters. The molecule has 1 aromatic heterocycles. The molecule has 2 fully saturated rings. The zero-order valence-corrected chi connectivity index (χ0v) is 15.9. The monoisotopic (exact) mass is 373 g/mol. The number of rotatable bonds is 6. The number of amides is 2. The zero-order valence-electron chi connectivity index (χ0n) is 15.1. The third-order valence-corrected chi connectivity index (χ3v) is 6.33. The third-order valence-electron chi connectivity index (χ3n) is 5.29. The van der Waals surface area contributed by atoms with E-state index in [-0.39, 0.29) is 29.7 Å². The molecular weight excluding hydrogens is 350 g/mol. The van der Waals surface area contributed by atoms with Crippen LogP contribution >= 0.6 is 11.3 Å². The number of methoxy groups -OCH3 is 1. The van der Waals surface area contributed by atoms with Crippen molar-refractivity contribution >= 4 is 38.5 Å². The van der Waals surface area contributed by atoms with Crippen LogP contribution in [0.2, 0.25) is 0 Å². The number of ether oxygens (including phenoxy) is 1. The van der Waals surface area contributed by atoms with Crippen LogP contribution in [0.5, 0.6) is 0 Å². The fraction of sp³-hybridized carbons (Fsp3) is 0.526. The van der Waals surface area contributed by atoms with Crippen LogP contribution in [0.4, 0.5) is 5.13 Å². The minimum Gasteiger partial charge on any atom is -0.385 e. The van der Waals surface area contributed by atoms with E-state index in [1.807, 2.05) is 19.1 Å². The van der Waals surface area contributed by atoms with E-state index in [9.17, 15) is 9.59 Å². The van der Waals surface area contributed by atoms with Crippen LogP contribution in [0, 0.1) is 12.8 Å². The van der Waals surface area contributed by atoms with Crippen LogP contribution in [0.15, 0.2) is 18.2 Å². The maximum atomic E-state index is 12.7. The van der Waals surface area contributed by atoms with E-state index < -0.39 is 0 Å². The van der Waals surface area contributed by atoms with Crippen molar-refractivity contribution in [2.75, 3.05) is 25.2 Å². The van der Waals surface area contributed by atoms with Gasteiger partial charge >= 0.3 is 0 Å². The highest BCUT2D eigenvalue weighted by Crippen LogP contribution is 2.39. The molecule has 2 aromatic rings. The number of carbonyl (C=O) groups excluding carboxylic acids is 2. The summed E-state index contributed by atoms with van der Waals surface area (Å²) in [5, 5.41) is 3.84. The predicted octanol–water partition coefficient (Wildman–Crippen LogP) is 2.64. The predicted molar refractivity (Wildman–Crippen MR) is 101 cm³/mol. The molecule has 2 heterocycles. The number of hydrogen-bond acceptors (Lipinski definition) is 5. The van der Waals surface area contributed by atoms with Gasteiger partial charge in [0.05, 0.1) is 16.1 Å². The van der Waals surface area contributed by atoms with Crippen LogP contribution in [-0.4, -0.2) is 42.6 Å². The lowest BCUT2D eigenvalue weighted by Gasteiger charge is -2.19. The minimum absolute atomic E-state index is 0.0218. The van der Waals surface area contributed by atoms with Crippen molar-refractivity contribution in [1.82, 2.24) is 10.3 Å². The van der Waals surface area contributed by atoms with Gasteiger partial charge < -0.3 is 10.1 Å². The Bertz CT molecular complexity index is 859. The van der Waals surface area contributed by atoms with E-state index in [0.717, 1.165) is 29.5 Å². The van der Waals surface area contributed by atoms with Crippen LogP contribution in [0.25, 0.3) is 10.2 Å². The highest BCUT2D eigenvalue weighted by atomic mass is 32.1. The SMILES string of the molecule is COCCC1(NC(=O)C2CC(=O)N(c3nc4ccc(C)cc4s3)C2)CC1. The molecular formula is C19H23N3O3S. The summed E-state index contributed by atoms with van der Waals surface area (Å²) < 4.78 is 6.20. The summed E-state index contributed by atoms with van der Waals surface area (Å²) in [5.74, 6) is -0.356. The molecule has 4 rings (SSSR count). The average Bonchev–Trinajstić information content (AvgIpc) is 3.06. The van der Waals surface area contributed by atoms with Gasteiger partial charge in [-0.2, -0.15) is 0 Å². The maximum absolute atomic E-state index is 12.7. The van der Waals surface area contributed by atoms with E-state index in [1.165, 1.54) is 16.9 Å². The second-order valence-corrected chi connectivity index (χ2v) is 8.39. The van der Waals surface area contributed by atoms with Crippen LogP contribution in [0.1, 0.15) is 31.2 Å². The molecule has 1 aliphatic carbocycles. The van der Waals surface area contributed by atoms with Crippen LogP contribution < -0.4 is 10.2 Å². The number of nitrogens with one attached hydrogen (secondary N) is 1. The van der Waals surface area contributed by atoms with Gasteiger partial charge in [0.15, 0.2) is 5.13 Å². The summed E-state index contributed by atoms with van der Waals surface area (Å²) >= 11 is 1.51. The van der Waals surface area contributed by atoms with Crippen molar-refractivity contribution in [2.45, 2.75) is 38.1 Å². The summed E-state index contributed by atoms with van der Waals surface area (Å²) in [7, 11) is 1.67. The van der Waals surface area contributed by atoms with Gasteiger partial charge in [0, 0.05) is 32.2 Å². The molecule has 2 amide bonds. The normalized spacial score (nSPS) is 21.4. The Morgan fingerprint density at radius 1 is 1.46 bits per heavy atom. The van der Waals surface area contributed by atoms with Crippen LogP contribution in [-0.2, 0) is 14.3 Å². The fourth-order valence-corrected chi connectivity index (χ4v) is 4.54. The van der Waals surface area contributed by atoms with Gasteiger partial charge in [-0.15, -0.1) is 0 Å². The summed E-state index contributed by atoms with van der Waals surface area (Å²) in [6, 6.07) is 6.07. The van der Waals surface area contributed by atoms with Crippen molar-refractivity contribution in [2.24, 2.45) is 5.92 Å². The topological polar surface area (TPSA) is 71.5 Å². The summed E-state index contributed by atoms with van der Waals surface area (Å²) in [6.07, 6.45) is 3.06. The first-order valence-corrected chi connectivity index (χ1v) is 9.80. The first-order chi connectivity index (χ1) is 12.5. The van der Waals surface area contributed by atoms with Gasteiger partial charge in [0.25, 0.3) is 0 Å². The second kappa shape index (κ2) is 6.63. The van der Waals surface area contributed by atoms with Gasteiger partial charge in [0.2, 0.25) is 11.8 Å². The van der Waals surface area contributed by atoms with Crippen molar-refractivity contribution < 1.29 is 14.3 Å². The lowest BCUT2D eigenvalue weighted by Crippen LogP contribution is -2.42. The molecule has 2 aliphatic rings. The largest absolute Gasteiger partial charge is 0.385 e. The Morgan fingerprint density at radius 2 is 2.27 bits per heavy atom. The number of benzene rings is 1. The van der Waals surface area contributed by atoms with Gasteiger partial charge in [-0.3, -0.25) is 14.5 Å². The van der Waals surface area contributed by atoms with E-state index in [2.05, 4.69) is 16.4 Å². The van der Waals surface area contributed by atoms with Crippen molar-refractivity contribution in [3.63, 3.8) is 0 Å².